The highest BCUT2D eigenvalue weighted by Gasteiger charge is 2.30. The quantitative estimate of drug-likeness (QED) is 0.782. The third-order valence-electron chi connectivity index (χ3n) is 4.41. The largest absolute Gasteiger partial charge is 0.330 e. The first kappa shape index (κ1) is 20.4. The molecule has 1 fully saturated rings. The Kier molecular flexibility index (Phi) is 8.50. The Labute approximate surface area is 146 Å². The van der Waals surface area contributed by atoms with E-state index in [9.17, 15) is 8.42 Å². The van der Waals surface area contributed by atoms with E-state index >= 15 is 0 Å². The van der Waals surface area contributed by atoms with Gasteiger partial charge in [-0.25, -0.2) is 0 Å². The molecule has 0 saturated heterocycles. The van der Waals surface area contributed by atoms with Crippen LogP contribution in [-0.4, -0.2) is 31.9 Å². The van der Waals surface area contributed by atoms with Gasteiger partial charge in [-0.1, -0.05) is 50.1 Å². The van der Waals surface area contributed by atoms with Crippen LogP contribution in [0.2, 0.25) is 0 Å². The fourth-order valence-corrected chi connectivity index (χ4v) is 4.57. The van der Waals surface area contributed by atoms with Crippen LogP contribution in [0.1, 0.15) is 38.2 Å². The summed E-state index contributed by atoms with van der Waals surface area (Å²) in [4.78, 5) is 0. The predicted molar refractivity (Wildman–Crippen MR) is 96.6 cm³/mol. The summed E-state index contributed by atoms with van der Waals surface area (Å²) < 4.78 is 29.7. The molecule has 1 saturated carbocycles. The summed E-state index contributed by atoms with van der Waals surface area (Å²) in [7, 11) is -3.49. The SMILES string of the molecule is CCN(Cc1ccccc1)S(=O)(=O)NC1CCCCC1CN.Cl. The molecule has 1 aromatic rings. The van der Waals surface area contributed by atoms with Crippen LogP contribution in [0.3, 0.4) is 0 Å². The maximum absolute atomic E-state index is 12.7. The molecule has 0 aromatic heterocycles. The van der Waals surface area contributed by atoms with Crippen molar-refractivity contribution < 1.29 is 8.42 Å². The lowest BCUT2D eigenvalue weighted by molar-refractivity contribution is 0.288. The molecular formula is C16H28ClN3O2S. The molecule has 0 amide bonds. The maximum Gasteiger partial charge on any atom is 0.280 e. The summed E-state index contributed by atoms with van der Waals surface area (Å²) in [5.74, 6) is 0.249. The van der Waals surface area contributed by atoms with Crippen LogP contribution in [0.4, 0.5) is 0 Å². The van der Waals surface area contributed by atoms with E-state index in [-0.39, 0.29) is 24.4 Å². The molecule has 0 radical (unpaired) electrons. The molecule has 3 N–H and O–H groups in total. The average molecular weight is 362 g/mol. The molecule has 2 atom stereocenters. The normalized spacial score (nSPS) is 21.9. The summed E-state index contributed by atoms with van der Waals surface area (Å²) in [5.41, 5.74) is 6.79. The molecule has 23 heavy (non-hydrogen) atoms. The van der Waals surface area contributed by atoms with Gasteiger partial charge in [0, 0.05) is 19.1 Å². The molecule has 0 heterocycles. The van der Waals surface area contributed by atoms with Crippen molar-refractivity contribution in [2.45, 2.75) is 45.2 Å². The van der Waals surface area contributed by atoms with Gasteiger partial charge >= 0.3 is 0 Å². The zero-order valence-corrected chi connectivity index (χ0v) is 15.3. The monoisotopic (exact) mass is 361 g/mol. The number of benzene rings is 1. The lowest BCUT2D eigenvalue weighted by Crippen LogP contribution is -2.50. The third-order valence-corrected chi connectivity index (χ3v) is 6.07. The highest BCUT2D eigenvalue weighted by Crippen LogP contribution is 2.24. The zero-order chi connectivity index (χ0) is 16.0. The van der Waals surface area contributed by atoms with E-state index in [2.05, 4.69) is 4.72 Å². The minimum atomic E-state index is -3.49. The van der Waals surface area contributed by atoms with Crippen LogP contribution in [0.5, 0.6) is 0 Å². The topological polar surface area (TPSA) is 75.4 Å². The molecule has 5 nitrogen and oxygen atoms in total. The van der Waals surface area contributed by atoms with Crippen molar-refractivity contribution in [1.29, 1.82) is 0 Å². The van der Waals surface area contributed by atoms with Gasteiger partial charge in [0.2, 0.25) is 0 Å². The number of rotatable bonds is 7. The minimum absolute atomic E-state index is 0. The molecule has 0 spiro atoms. The van der Waals surface area contributed by atoms with Gasteiger partial charge in [-0.3, -0.25) is 0 Å². The van der Waals surface area contributed by atoms with Crippen molar-refractivity contribution in [1.82, 2.24) is 9.03 Å². The number of hydrogen-bond donors (Lipinski definition) is 2. The Bertz CT molecular complexity index is 554. The van der Waals surface area contributed by atoms with E-state index in [1.165, 1.54) is 4.31 Å². The first-order valence-electron chi connectivity index (χ1n) is 8.08. The second kappa shape index (κ2) is 9.59. The Balaban J connectivity index is 0.00000264. The van der Waals surface area contributed by atoms with E-state index in [0.29, 0.717) is 19.6 Å². The fourth-order valence-electron chi connectivity index (χ4n) is 3.06. The van der Waals surface area contributed by atoms with Crippen molar-refractivity contribution in [3.8, 4) is 0 Å². The van der Waals surface area contributed by atoms with E-state index in [4.69, 9.17) is 5.73 Å². The third kappa shape index (κ3) is 5.72. The number of hydrogen-bond acceptors (Lipinski definition) is 3. The fraction of sp³-hybridized carbons (Fsp3) is 0.625. The lowest BCUT2D eigenvalue weighted by atomic mass is 9.85. The second-order valence-electron chi connectivity index (χ2n) is 5.92. The summed E-state index contributed by atoms with van der Waals surface area (Å²) in [6.07, 6.45) is 4.09. The maximum atomic E-state index is 12.7. The van der Waals surface area contributed by atoms with Gasteiger partial charge in [0.1, 0.15) is 0 Å². The number of nitrogens with one attached hydrogen (secondary N) is 1. The molecule has 7 heteroatoms. The molecule has 1 aromatic carbocycles. The van der Waals surface area contributed by atoms with Gasteiger partial charge < -0.3 is 5.73 Å². The van der Waals surface area contributed by atoms with Gasteiger partial charge in [0.15, 0.2) is 0 Å². The molecule has 2 unspecified atom stereocenters. The highest BCUT2D eigenvalue weighted by atomic mass is 35.5. The van der Waals surface area contributed by atoms with E-state index in [0.717, 1.165) is 31.2 Å². The number of halogens is 1. The van der Waals surface area contributed by atoms with Gasteiger partial charge in [-0.15, -0.1) is 12.4 Å². The van der Waals surface area contributed by atoms with Crippen molar-refractivity contribution >= 4 is 22.6 Å². The van der Waals surface area contributed by atoms with Crippen molar-refractivity contribution in [2.24, 2.45) is 11.7 Å². The minimum Gasteiger partial charge on any atom is -0.330 e. The summed E-state index contributed by atoms with van der Waals surface area (Å²) in [6.45, 7) is 3.25. The van der Waals surface area contributed by atoms with Crippen LogP contribution in [0.25, 0.3) is 0 Å². The Morgan fingerprint density at radius 3 is 2.48 bits per heavy atom. The molecule has 2 rings (SSSR count). The van der Waals surface area contributed by atoms with Crippen LogP contribution in [0, 0.1) is 5.92 Å². The Morgan fingerprint density at radius 1 is 1.22 bits per heavy atom. The molecule has 0 bridgehead atoms. The Hall–Kier alpha value is -0.660. The van der Waals surface area contributed by atoms with E-state index in [1.54, 1.807) is 0 Å². The highest BCUT2D eigenvalue weighted by molar-refractivity contribution is 7.87. The van der Waals surface area contributed by atoms with Gasteiger partial charge in [0.25, 0.3) is 10.2 Å². The van der Waals surface area contributed by atoms with Crippen LogP contribution >= 0.6 is 12.4 Å². The van der Waals surface area contributed by atoms with E-state index in [1.807, 2.05) is 37.3 Å². The Morgan fingerprint density at radius 2 is 1.87 bits per heavy atom. The van der Waals surface area contributed by atoms with E-state index < -0.39 is 10.2 Å². The van der Waals surface area contributed by atoms with Crippen LogP contribution in [-0.2, 0) is 16.8 Å². The van der Waals surface area contributed by atoms with Gasteiger partial charge in [-0.05, 0) is 30.9 Å². The molecule has 0 aliphatic heterocycles. The second-order valence-corrected chi connectivity index (χ2v) is 7.62. The lowest BCUT2D eigenvalue weighted by Gasteiger charge is -2.33. The molecule has 1 aliphatic rings. The van der Waals surface area contributed by atoms with Crippen molar-refractivity contribution in [3.05, 3.63) is 35.9 Å². The molecule has 1 aliphatic carbocycles. The molecule has 132 valence electrons. The first-order chi connectivity index (χ1) is 10.6. The van der Waals surface area contributed by atoms with Gasteiger partial charge in [-0.2, -0.15) is 17.4 Å². The summed E-state index contributed by atoms with van der Waals surface area (Å²) in [6, 6.07) is 9.64. The van der Waals surface area contributed by atoms with Crippen LogP contribution in [0.15, 0.2) is 30.3 Å². The van der Waals surface area contributed by atoms with Crippen LogP contribution < -0.4 is 10.5 Å². The van der Waals surface area contributed by atoms with Crippen molar-refractivity contribution in [3.63, 3.8) is 0 Å². The smallest absolute Gasteiger partial charge is 0.280 e. The summed E-state index contributed by atoms with van der Waals surface area (Å²) in [5, 5.41) is 0. The average Bonchev–Trinajstić information content (AvgIpc) is 2.53. The number of nitrogens with two attached hydrogens (primary N) is 1. The predicted octanol–water partition coefficient (Wildman–Crippen LogP) is 2.28. The van der Waals surface area contributed by atoms with Crippen molar-refractivity contribution in [2.75, 3.05) is 13.1 Å². The first-order valence-corrected chi connectivity index (χ1v) is 9.52. The number of nitrogens with zero attached hydrogens (tertiary/aromatic N) is 1. The van der Waals surface area contributed by atoms with Gasteiger partial charge in [0.05, 0.1) is 0 Å². The standard InChI is InChI=1S/C16H27N3O2S.ClH/c1-2-19(13-14-8-4-3-5-9-14)22(20,21)18-16-11-7-6-10-15(16)12-17;/h3-5,8-9,15-16,18H,2,6-7,10-13,17H2,1H3;1H. The summed E-state index contributed by atoms with van der Waals surface area (Å²) >= 11 is 0. The zero-order valence-electron chi connectivity index (χ0n) is 13.6. The molecular weight excluding hydrogens is 334 g/mol.